The lowest BCUT2D eigenvalue weighted by molar-refractivity contribution is 0.0680. The van der Waals surface area contributed by atoms with Gasteiger partial charge in [-0.15, -0.1) is 6.58 Å². The van der Waals surface area contributed by atoms with Crippen LogP contribution in [0.25, 0.3) is 0 Å². The molecule has 0 spiro atoms. The Morgan fingerprint density at radius 2 is 0.622 bits per heavy atom. The predicted octanol–water partition coefficient (Wildman–Crippen LogP) is 8.69. The maximum absolute atomic E-state index is 5.79. The van der Waals surface area contributed by atoms with E-state index in [0.29, 0.717) is 13.2 Å². The second-order valence-corrected chi connectivity index (χ2v) is 10.2. The molecule has 0 amide bonds. The van der Waals surface area contributed by atoms with E-state index in [4.69, 9.17) is 23.7 Å². The van der Waals surface area contributed by atoms with Gasteiger partial charge in [0, 0.05) is 53.4 Å². The smallest absolute Gasteiger partial charge is 0.0700 e. The first-order valence-corrected chi connectivity index (χ1v) is 15.8. The highest BCUT2D eigenvalue weighted by Gasteiger charge is 1.96. The van der Waals surface area contributed by atoms with Crippen LogP contribution >= 0.6 is 0 Å². The summed E-state index contributed by atoms with van der Waals surface area (Å²) in [5, 5.41) is 0. The number of allylic oxidation sites excluding steroid dienone is 1. The van der Waals surface area contributed by atoms with Crippen molar-refractivity contribution in [3.8, 4) is 0 Å². The summed E-state index contributed by atoms with van der Waals surface area (Å²) in [4.78, 5) is 0. The van der Waals surface area contributed by atoms with Gasteiger partial charge >= 0.3 is 0 Å². The first-order valence-electron chi connectivity index (χ1n) is 15.8. The highest BCUT2D eigenvalue weighted by molar-refractivity contribution is 4.65. The average molecular weight is 529 g/mol. The molecule has 0 bridgehead atoms. The van der Waals surface area contributed by atoms with Gasteiger partial charge in [0.25, 0.3) is 0 Å². The van der Waals surface area contributed by atoms with E-state index in [0.717, 1.165) is 59.1 Å². The molecule has 37 heavy (non-hydrogen) atoms. The van der Waals surface area contributed by atoms with Crippen molar-refractivity contribution in [1.82, 2.24) is 0 Å². The largest absolute Gasteiger partial charge is 0.382 e. The molecule has 0 heterocycles. The Kier molecular flexibility index (Phi) is 35.1. The minimum absolute atomic E-state index is 0.690. The summed E-state index contributed by atoms with van der Waals surface area (Å²) in [5.41, 5.74) is 0. The first-order chi connectivity index (χ1) is 18.4. The molecule has 0 aliphatic carbocycles. The number of ether oxygens (including phenoxy) is 5. The van der Waals surface area contributed by atoms with Crippen LogP contribution in [0.4, 0.5) is 0 Å². The Morgan fingerprint density at radius 3 is 0.919 bits per heavy atom. The Labute approximate surface area is 231 Å². The van der Waals surface area contributed by atoms with E-state index < -0.39 is 0 Å². The standard InChI is InChI=1S/C32H64O5/c1-3-4-5-6-7-8-9-10-17-24-34-25-18-11-12-19-26-35-27-20-13-14-21-28-36-29-22-15-16-23-30-37-32-31-33-2/h3H,1,4-32H2,2H3. The van der Waals surface area contributed by atoms with Gasteiger partial charge in [-0.05, 0) is 57.8 Å². The summed E-state index contributed by atoms with van der Waals surface area (Å²) in [6, 6.07) is 0. The lowest BCUT2D eigenvalue weighted by Crippen LogP contribution is -2.03. The van der Waals surface area contributed by atoms with E-state index in [2.05, 4.69) is 6.58 Å². The van der Waals surface area contributed by atoms with Crippen LogP contribution < -0.4 is 0 Å². The Balaban J connectivity index is 3.01. The highest BCUT2D eigenvalue weighted by Crippen LogP contribution is 2.09. The molecule has 222 valence electrons. The van der Waals surface area contributed by atoms with Crippen LogP contribution in [-0.4, -0.2) is 66.6 Å². The number of rotatable bonds is 34. The zero-order valence-electron chi connectivity index (χ0n) is 24.8. The van der Waals surface area contributed by atoms with Gasteiger partial charge in [-0.1, -0.05) is 76.7 Å². The predicted molar refractivity (Wildman–Crippen MR) is 158 cm³/mol. The molecule has 0 radical (unpaired) electrons. The quantitative estimate of drug-likeness (QED) is 0.0617. The van der Waals surface area contributed by atoms with Crippen molar-refractivity contribution in [2.45, 2.75) is 128 Å². The molecule has 0 saturated carbocycles. The molecular formula is C32H64O5. The van der Waals surface area contributed by atoms with Gasteiger partial charge in [-0.3, -0.25) is 0 Å². The molecule has 0 unspecified atom stereocenters. The molecule has 0 aromatic carbocycles. The molecule has 0 N–H and O–H groups in total. The van der Waals surface area contributed by atoms with E-state index in [1.165, 1.54) is 116 Å². The molecule has 0 saturated heterocycles. The van der Waals surface area contributed by atoms with Gasteiger partial charge in [0.15, 0.2) is 0 Å². The van der Waals surface area contributed by atoms with Crippen LogP contribution in [-0.2, 0) is 23.7 Å². The molecule has 0 atom stereocenters. The average Bonchev–Trinajstić information content (AvgIpc) is 2.91. The molecule has 5 heteroatoms. The monoisotopic (exact) mass is 528 g/mol. The van der Waals surface area contributed by atoms with Crippen LogP contribution in [0, 0.1) is 0 Å². The van der Waals surface area contributed by atoms with Crippen LogP contribution in [0.3, 0.4) is 0 Å². The molecule has 0 aromatic heterocycles. The fourth-order valence-corrected chi connectivity index (χ4v) is 4.21. The number of hydrogen-bond donors (Lipinski definition) is 0. The van der Waals surface area contributed by atoms with Gasteiger partial charge < -0.3 is 23.7 Å². The fraction of sp³-hybridized carbons (Fsp3) is 0.938. The Bertz CT molecular complexity index is 405. The summed E-state index contributed by atoms with van der Waals surface area (Å²) < 4.78 is 27.7. The van der Waals surface area contributed by atoms with E-state index in [1.54, 1.807) is 7.11 Å². The van der Waals surface area contributed by atoms with Crippen molar-refractivity contribution in [3.05, 3.63) is 12.7 Å². The Hall–Kier alpha value is -0.460. The van der Waals surface area contributed by atoms with Gasteiger partial charge in [-0.25, -0.2) is 0 Å². The zero-order valence-corrected chi connectivity index (χ0v) is 24.8. The van der Waals surface area contributed by atoms with Gasteiger partial charge in [0.1, 0.15) is 0 Å². The maximum Gasteiger partial charge on any atom is 0.0700 e. The molecular weight excluding hydrogens is 464 g/mol. The van der Waals surface area contributed by atoms with Crippen molar-refractivity contribution < 1.29 is 23.7 Å². The van der Waals surface area contributed by atoms with E-state index in [-0.39, 0.29) is 0 Å². The topological polar surface area (TPSA) is 46.2 Å². The molecule has 0 aliphatic rings. The minimum atomic E-state index is 0.690. The van der Waals surface area contributed by atoms with E-state index in [1.807, 2.05) is 6.08 Å². The molecule has 0 fully saturated rings. The summed E-state index contributed by atoms with van der Waals surface area (Å²) in [5.74, 6) is 0. The van der Waals surface area contributed by atoms with Crippen LogP contribution in [0.2, 0.25) is 0 Å². The molecule has 5 nitrogen and oxygen atoms in total. The van der Waals surface area contributed by atoms with E-state index in [9.17, 15) is 0 Å². The number of methoxy groups -OCH3 is 1. The zero-order chi connectivity index (χ0) is 26.7. The van der Waals surface area contributed by atoms with Gasteiger partial charge in [-0.2, -0.15) is 0 Å². The van der Waals surface area contributed by atoms with Crippen molar-refractivity contribution in [1.29, 1.82) is 0 Å². The van der Waals surface area contributed by atoms with Crippen LogP contribution in [0.15, 0.2) is 12.7 Å². The van der Waals surface area contributed by atoms with E-state index >= 15 is 0 Å². The fourth-order valence-electron chi connectivity index (χ4n) is 4.21. The number of hydrogen-bond acceptors (Lipinski definition) is 5. The van der Waals surface area contributed by atoms with Crippen molar-refractivity contribution >= 4 is 0 Å². The van der Waals surface area contributed by atoms with Gasteiger partial charge in [0.2, 0.25) is 0 Å². The second-order valence-electron chi connectivity index (χ2n) is 10.2. The van der Waals surface area contributed by atoms with Gasteiger partial charge in [0.05, 0.1) is 13.2 Å². The Morgan fingerprint density at radius 1 is 0.351 bits per heavy atom. The first kappa shape index (κ1) is 36.5. The lowest BCUT2D eigenvalue weighted by Gasteiger charge is -2.07. The molecule has 0 aliphatic heterocycles. The van der Waals surface area contributed by atoms with Crippen LogP contribution in [0.1, 0.15) is 128 Å². The summed E-state index contributed by atoms with van der Waals surface area (Å²) in [6.45, 7) is 11.5. The third-order valence-corrected chi connectivity index (χ3v) is 6.61. The SMILES string of the molecule is C=CCCCCCCCCCOCCCCCCOCCCCCCOCCCCCCOCCOC. The second kappa shape index (κ2) is 35.5. The van der Waals surface area contributed by atoms with Crippen LogP contribution in [0.5, 0.6) is 0 Å². The third-order valence-electron chi connectivity index (χ3n) is 6.61. The number of unbranched alkanes of at least 4 members (excludes halogenated alkanes) is 16. The van der Waals surface area contributed by atoms with Crippen molar-refractivity contribution in [2.75, 3.05) is 66.6 Å². The minimum Gasteiger partial charge on any atom is -0.382 e. The normalized spacial score (nSPS) is 11.4. The highest BCUT2D eigenvalue weighted by atomic mass is 16.5. The third kappa shape index (κ3) is 35.5. The van der Waals surface area contributed by atoms with Crippen molar-refractivity contribution in [2.24, 2.45) is 0 Å². The summed E-state index contributed by atoms with van der Waals surface area (Å²) in [7, 11) is 1.71. The van der Waals surface area contributed by atoms with Crippen molar-refractivity contribution in [3.63, 3.8) is 0 Å². The molecule has 0 aromatic rings. The summed E-state index contributed by atoms with van der Waals surface area (Å²) in [6.07, 6.45) is 27.0. The molecule has 0 rings (SSSR count). The summed E-state index contributed by atoms with van der Waals surface area (Å²) >= 11 is 0. The maximum atomic E-state index is 5.79. The lowest BCUT2D eigenvalue weighted by atomic mass is 10.1.